The lowest BCUT2D eigenvalue weighted by Gasteiger charge is -2.18. The minimum atomic E-state index is -3.56. The van der Waals surface area contributed by atoms with Crippen molar-refractivity contribution >= 4 is 60.5 Å². The maximum absolute atomic E-state index is 12.9. The van der Waals surface area contributed by atoms with Crippen LogP contribution in [0.3, 0.4) is 0 Å². The van der Waals surface area contributed by atoms with E-state index in [0.29, 0.717) is 56.4 Å². The zero-order valence-corrected chi connectivity index (χ0v) is 31.3. The van der Waals surface area contributed by atoms with Crippen molar-refractivity contribution in [1.29, 1.82) is 5.26 Å². The van der Waals surface area contributed by atoms with Gasteiger partial charge in [-0.3, -0.25) is 4.79 Å². The third-order valence-electron chi connectivity index (χ3n) is 8.03. The highest BCUT2D eigenvalue weighted by Gasteiger charge is 2.28. The normalized spacial score (nSPS) is 13.5. The minimum Gasteiger partial charge on any atom is -0.484 e. The number of ether oxygens (including phenoxy) is 2. The number of halogens is 2. The van der Waals surface area contributed by atoms with Crippen molar-refractivity contribution in [2.24, 2.45) is 0 Å². The van der Waals surface area contributed by atoms with E-state index in [-0.39, 0.29) is 17.4 Å². The zero-order chi connectivity index (χ0) is 37.1. The number of nitrogens with one attached hydrogen (secondary N) is 1. The highest BCUT2D eigenvalue weighted by molar-refractivity contribution is 7.89. The average Bonchev–Trinajstić information content (AvgIpc) is 3.73. The molecular formula is C35H35Cl2N5O7S2. The summed E-state index contributed by atoms with van der Waals surface area (Å²) in [7, 11) is -0.824. The van der Waals surface area contributed by atoms with Crippen molar-refractivity contribution in [3.05, 3.63) is 99.5 Å². The molecule has 4 aromatic carbocycles. The third kappa shape index (κ3) is 8.75. The molecule has 1 amide bonds. The Labute approximate surface area is 307 Å². The van der Waals surface area contributed by atoms with Crippen LogP contribution < -0.4 is 19.7 Å². The van der Waals surface area contributed by atoms with Gasteiger partial charge in [-0.15, -0.1) is 0 Å². The molecule has 2 heterocycles. The Morgan fingerprint density at radius 3 is 2.04 bits per heavy atom. The van der Waals surface area contributed by atoms with E-state index in [0.717, 1.165) is 34.1 Å². The molecule has 6 rings (SSSR count). The monoisotopic (exact) mass is 771 g/mol. The van der Waals surface area contributed by atoms with Crippen LogP contribution >= 0.6 is 23.2 Å². The molecule has 268 valence electrons. The Hall–Kier alpha value is -4.36. The quantitative estimate of drug-likeness (QED) is 0.224. The molecule has 0 bridgehead atoms. The van der Waals surface area contributed by atoms with Crippen molar-refractivity contribution in [3.8, 4) is 23.3 Å². The molecule has 0 saturated heterocycles. The molecule has 0 aromatic heterocycles. The number of carbonyl (C=O) groups excluding carboxylic acids is 1. The number of fused-ring (bicyclic) bond motifs is 2. The second kappa shape index (κ2) is 15.5. The lowest BCUT2D eigenvalue weighted by Crippen LogP contribution is -2.33. The average molecular weight is 773 g/mol. The van der Waals surface area contributed by atoms with Gasteiger partial charge in [-0.1, -0.05) is 23.2 Å². The van der Waals surface area contributed by atoms with Gasteiger partial charge in [0.1, 0.15) is 17.2 Å². The maximum Gasteiger partial charge on any atom is 0.264 e. The molecule has 1 N–H and O–H groups in total. The van der Waals surface area contributed by atoms with Crippen molar-refractivity contribution in [2.75, 3.05) is 58.1 Å². The number of anilines is 2. The van der Waals surface area contributed by atoms with E-state index in [1.165, 1.54) is 36.6 Å². The molecule has 16 heteroatoms. The summed E-state index contributed by atoms with van der Waals surface area (Å²) < 4.78 is 62.4. The number of rotatable bonds is 9. The van der Waals surface area contributed by atoms with E-state index in [2.05, 4.69) is 5.32 Å². The first-order valence-corrected chi connectivity index (χ1v) is 19.2. The predicted molar refractivity (Wildman–Crippen MR) is 196 cm³/mol. The van der Waals surface area contributed by atoms with Crippen molar-refractivity contribution < 1.29 is 31.1 Å². The molecule has 0 saturated carbocycles. The van der Waals surface area contributed by atoms with E-state index in [1.54, 1.807) is 67.5 Å². The van der Waals surface area contributed by atoms with Gasteiger partial charge in [0.15, 0.2) is 6.61 Å². The summed E-state index contributed by atoms with van der Waals surface area (Å²) in [6, 6.07) is 21.3. The van der Waals surface area contributed by atoms with Crippen LogP contribution in [0.15, 0.2) is 82.6 Å². The first kappa shape index (κ1) is 37.9. The molecule has 0 spiro atoms. The van der Waals surface area contributed by atoms with Gasteiger partial charge in [0, 0.05) is 68.8 Å². The number of hydrogen-bond acceptors (Lipinski definition) is 9. The third-order valence-corrected chi connectivity index (χ3v) is 12.1. The lowest BCUT2D eigenvalue weighted by molar-refractivity contribution is -0.120. The molecule has 12 nitrogen and oxygen atoms in total. The van der Waals surface area contributed by atoms with E-state index in [9.17, 15) is 21.6 Å². The Balaban J connectivity index is 0.000000279. The molecule has 2 aliphatic rings. The van der Waals surface area contributed by atoms with Gasteiger partial charge >= 0.3 is 0 Å². The molecule has 0 fully saturated rings. The lowest BCUT2D eigenvalue weighted by atomic mass is 10.2. The number of amides is 1. The van der Waals surface area contributed by atoms with Gasteiger partial charge in [0.05, 0.1) is 21.4 Å². The molecule has 2 aliphatic heterocycles. The number of hydrogen-bond donors (Lipinski definition) is 1. The summed E-state index contributed by atoms with van der Waals surface area (Å²) in [5, 5.41) is 13.0. The van der Waals surface area contributed by atoms with E-state index in [4.69, 9.17) is 37.9 Å². The van der Waals surface area contributed by atoms with Crippen LogP contribution in [0.25, 0.3) is 0 Å². The summed E-state index contributed by atoms with van der Waals surface area (Å²) >= 11 is 12.2. The SMILES string of the molecule is CN(C)S(=O)(=O)c1ccc2c(c1)CCN2.CN(C)S(=O)(=O)c1ccc2c(c1)CCN2C(=O)COc1cc(Cl)cc(Oc2cc(Cl)cc(C#N)c2)c1. The fraction of sp³-hybridized carbons (Fsp3) is 0.257. The summed E-state index contributed by atoms with van der Waals surface area (Å²) in [5.41, 5.74) is 3.92. The van der Waals surface area contributed by atoms with Gasteiger partial charge in [-0.2, -0.15) is 5.26 Å². The number of sulfonamides is 2. The van der Waals surface area contributed by atoms with Gasteiger partial charge < -0.3 is 19.7 Å². The molecule has 0 aliphatic carbocycles. The summed E-state index contributed by atoms with van der Waals surface area (Å²) in [6.45, 7) is 1.05. The predicted octanol–water partition coefficient (Wildman–Crippen LogP) is 5.78. The van der Waals surface area contributed by atoms with Crippen LogP contribution in [0.2, 0.25) is 10.0 Å². The fourth-order valence-corrected chi connectivity index (χ4v) is 7.73. The Morgan fingerprint density at radius 1 is 0.804 bits per heavy atom. The zero-order valence-electron chi connectivity index (χ0n) is 28.2. The highest BCUT2D eigenvalue weighted by Crippen LogP contribution is 2.33. The largest absolute Gasteiger partial charge is 0.484 e. The van der Waals surface area contributed by atoms with Crippen molar-refractivity contribution in [1.82, 2.24) is 8.61 Å². The summed E-state index contributed by atoms with van der Waals surface area (Å²) in [4.78, 5) is 15.0. The van der Waals surface area contributed by atoms with E-state index >= 15 is 0 Å². The summed E-state index contributed by atoms with van der Waals surface area (Å²) in [6.07, 6.45) is 1.43. The molecule has 4 aromatic rings. The van der Waals surface area contributed by atoms with E-state index in [1.807, 2.05) is 12.1 Å². The fourth-order valence-electron chi connectivity index (χ4n) is 5.39. The number of carbonyl (C=O) groups is 1. The number of nitriles is 1. The highest BCUT2D eigenvalue weighted by atomic mass is 35.5. The maximum atomic E-state index is 12.9. The standard InChI is InChI=1S/C25H21Cl2N3O5S.C10H14N2O2S/c1-29(2)36(32,33)23-3-4-24-17(9-23)5-6-30(24)25(31)15-34-20-10-19(27)12-22(13-20)35-21-8-16(14-28)7-18(26)11-21;1-12(2)15(13,14)9-3-4-10-8(7-9)5-6-11-10/h3-4,7-13H,5-6,15H2,1-2H3;3-4,7,11H,5-6H2,1-2H3. The van der Waals surface area contributed by atoms with E-state index < -0.39 is 20.0 Å². The number of benzene rings is 4. The first-order valence-electron chi connectivity index (χ1n) is 15.6. The molecule has 51 heavy (non-hydrogen) atoms. The second-order valence-corrected chi connectivity index (χ2v) is 17.1. The molecular weight excluding hydrogens is 737 g/mol. The van der Waals surface area contributed by atoms with Gasteiger partial charge in [-0.25, -0.2) is 25.4 Å². The molecule has 0 atom stereocenters. The van der Waals surface area contributed by atoms with Crippen LogP contribution in [0.5, 0.6) is 17.2 Å². The second-order valence-electron chi connectivity index (χ2n) is 12.0. The molecule has 0 radical (unpaired) electrons. The summed E-state index contributed by atoms with van der Waals surface area (Å²) in [5.74, 6) is 0.734. The smallest absolute Gasteiger partial charge is 0.264 e. The van der Waals surface area contributed by atoms with Gasteiger partial charge in [0.25, 0.3) is 5.91 Å². The molecule has 0 unspecified atom stereocenters. The van der Waals surface area contributed by atoms with Gasteiger partial charge in [0.2, 0.25) is 20.0 Å². The first-order chi connectivity index (χ1) is 24.1. The van der Waals surface area contributed by atoms with Crippen molar-refractivity contribution in [3.63, 3.8) is 0 Å². The minimum absolute atomic E-state index is 0.185. The Bertz CT molecular complexity index is 2240. The topological polar surface area (TPSA) is 149 Å². The van der Waals surface area contributed by atoms with Crippen LogP contribution in [-0.4, -0.2) is 79.2 Å². The van der Waals surface area contributed by atoms with Gasteiger partial charge in [-0.05, 0) is 90.7 Å². The Morgan fingerprint density at radius 2 is 1.39 bits per heavy atom. The Kier molecular flexibility index (Phi) is 11.5. The number of nitrogens with zero attached hydrogens (tertiary/aromatic N) is 4. The van der Waals surface area contributed by atoms with Crippen molar-refractivity contribution in [2.45, 2.75) is 22.6 Å². The van der Waals surface area contributed by atoms with Crippen LogP contribution in [0.1, 0.15) is 16.7 Å². The van der Waals surface area contributed by atoms with Crippen LogP contribution in [-0.2, 0) is 37.7 Å². The van der Waals surface area contributed by atoms with Crippen LogP contribution in [0, 0.1) is 11.3 Å². The van der Waals surface area contributed by atoms with Crippen LogP contribution in [0.4, 0.5) is 11.4 Å².